The molecular formula is C22H21N5O. The zero-order valence-corrected chi connectivity index (χ0v) is 15.4. The molecule has 2 aromatic carbocycles. The van der Waals surface area contributed by atoms with Gasteiger partial charge in [0.05, 0.1) is 6.10 Å². The number of fused-ring (bicyclic) bond motifs is 1. The van der Waals surface area contributed by atoms with Crippen LogP contribution in [0, 0.1) is 0 Å². The zero-order chi connectivity index (χ0) is 18.8. The fourth-order valence-electron chi connectivity index (χ4n) is 3.67. The third-order valence-electron chi connectivity index (χ3n) is 5.10. The Morgan fingerprint density at radius 1 is 0.893 bits per heavy atom. The summed E-state index contributed by atoms with van der Waals surface area (Å²) in [5.74, 6) is 1.57. The van der Waals surface area contributed by atoms with E-state index in [9.17, 15) is 0 Å². The van der Waals surface area contributed by atoms with Gasteiger partial charge < -0.3 is 10.1 Å². The summed E-state index contributed by atoms with van der Waals surface area (Å²) in [5.41, 5.74) is 2.95. The van der Waals surface area contributed by atoms with Crippen molar-refractivity contribution in [1.29, 1.82) is 0 Å². The van der Waals surface area contributed by atoms with Gasteiger partial charge in [-0.3, -0.25) is 0 Å². The quantitative estimate of drug-likeness (QED) is 0.584. The molecule has 0 aliphatic carbocycles. The molecule has 2 aromatic heterocycles. The highest BCUT2D eigenvalue weighted by Crippen LogP contribution is 2.29. The van der Waals surface area contributed by atoms with Gasteiger partial charge in [-0.2, -0.15) is 4.52 Å². The molecule has 5 rings (SSSR count). The fraction of sp³-hybridized carbons (Fsp3) is 0.227. The average Bonchev–Trinajstić information content (AvgIpc) is 3.18. The predicted molar refractivity (Wildman–Crippen MR) is 108 cm³/mol. The Kier molecular flexibility index (Phi) is 4.47. The number of anilines is 1. The second kappa shape index (κ2) is 7.40. The molecule has 1 N–H and O–H groups in total. The summed E-state index contributed by atoms with van der Waals surface area (Å²) >= 11 is 0. The maximum absolute atomic E-state index is 5.98. The average molecular weight is 371 g/mol. The van der Waals surface area contributed by atoms with Crippen molar-refractivity contribution in [2.75, 3.05) is 11.9 Å². The molecule has 2 unspecified atom stereocenters. The highest BCUT2D eigenvalue weighted by Gasteiger charge is 2.24. The molecule has 1 aliphatic heterocycles. The maximum Gasteiger partial charge on any atom is 0.185 e. The second-order valence-electron chi connectivity index (χ2n) is 7.01. The van der Waals surface area contributed by atoms with E-state index in [1.165, 1.54) is 5.56 Å². The van der Waals surface area contributed by atoms with Crippen molar-refractivity contribution in [3.63, 3.8) is 0 Å². The van der Waals surface area contributed by atoms with Crippen molar-refractivity contribution < 1.29 is 4.74 Å². The van der Waals surface area contributed by atoms with Crippen LogP contribution in [-0.4, -0.2) is 32.5 Å². The Bertz CT molecular complexity index is 1060. The smallest absolute Gasteiger partial charge is 0.185 e. The minimum Gasteiger partial charge on any atom is -0.373 e. The third-order valence-corrected chi connectivity index (χ3v) is 5.10. The molecule has 3 heterocycles. The molecular weight excluding hydrogens is 350 g/mol. The van der Waals surface area contributed by atoms with Gasteiger partial charge in [0.25, 0.3) is 0 Å². The number of aromatic nitrogens is 4. The number of hydrogen-bond donors (Lipinski definition) is 1. The summed E-state index contributed by atoms with van der Waals surface area (Å²) in [4.78, 5) is 0. The monoisotopic (exact) mass is 371 g/mol. The van der Waals surface area contributed by atoms with Gasteiger partial charge in [-0.1, -0.05) is 60.7 Å². The predicted octanol–water partition coefficient (Wildman–Crippen LogP) is 4.12. The summed E-state index contributed by atoms with van der Waals surface area (Å²) in [6.45, 7) is 0.737. The van der Waals surface area contributed by atoms with Crippen LogP contribution in [0.3, 0.4) is 0 Å². The maximum atomic E-state index is 5.98. The van der Waals surface area contributed by atoms with Gasteiger partial charge in [0.2, 0.25) is 0 Å². The van der Waals surface area contributed by atoms with Crippen molar-refractivity contribution in [2.24, 2.45) is 0 Å². The fourth-order valence-corrected chi connectivity index (χ4v) is 3.67. The number of rotatable bonds is 4. The van der Waals surface area contributed by atoms with Gasteiger partial charge in [0.15, 0.2) is 11.5 Å². The van der Waals surface area contributed by atoms with E-state index in [0.717, 1.165) is 42.3 Å². The number of nitrogens with zero attached hydrogens (tertiary/aromatic N) is 4. The van der Waals surface area contributed by atoms with E-state index < -0.39 is 0 Å². The lowest BCUT2D eigenvalue weighted by Crippen LogP contribution is -2.30. The van der Waals surface area contributed by atoms with Gasteiger partial charge in [-0.15, -0.1) is 15.3 Å². The summed E-state index contributed by atoms with van der Waals surface area (Å²) < 4.78 is 7.78. The van der Waals surface area contributed by atoms with E-state index in [-0.39, 0.29) is 6.10 Å². The Morgan fingerprint density at radius 2 is 1.68 bits per heavy atom. The summed E-state index contributed by atoms with van der Waals surface area (Å²) in [7, 11) is 0. The molecule has 0 spiro atoms. The van der Waals surface area contributed by atoms with Gasteiger partial charge in [-0.25, -0.2) is 0 Å². The lowest BCUT2D eigenvalue weighted by molar-refractivity contribution is 0.00973. The summed E-state index contributed by atoms with van der Waals surface area (Å²) in [5, 5.41) is 16.9. The van der Waals surface area contributed by atoms with Crippen LogP contribution >= 0.6 is 0 Å². The molecule has 6 heteroatoms. The Balaban J connectivity index is 1.38. The van der Waals surface area contributed by atoms with Gasteiger partial charge in [0.1, 0.15) is 5.82 Å². The highest BCUT2D eigenvalue weighted by molar-refractivity contribution is 5.59. The first-order chi connectivity index (χ1) is 13.9. The first-order valence-corrected chi connectivity index (χ1v) is 9.58. The molecule has 1 aliphatic rings. The van der Waals surface area contributed by atoms with Crippen molar-refractivity contribution in [2.45, 2.75) is 25.0 Å². The molecule has 28 heavy (non-hydrogen) atoms. The topological polar surface area (TPSA) is 64.3 Å². The van der Waals surface area contributed by atoms with Crippen LogP contribution < -0.4 is 5.32 Å². The van der Waals surface area contributed by atoms with Crippen molar-refractivity contribution in [1.82, 2.24) is 19.8 Å². The zero-order valence-electron chi connectivity index (χ0n) is 15.4. The lowest BCUT2D eigenvalue weighted by atomic mass is 9.97. The largest absolute Gasteiger partial charge is 0.373 e. The molecule has 0 radical (unpaired) electrons. The highest BCUT2D eigenvalue weighted by atomic mass is 16.5. The van der Waals surface area contributed by atoms with Crippen molar-refractivity contribution in [3.8, 4) is 11.4 Å². The first kappa shape index (κ1) is 16.9. The first-order valence-electron chi connectivity index (χ1n) is 9.58. The van der Waals surface area contributed by atoms with Crippen LogP contribution in [0.1, 0.15) is 24.5 Å². The molecule has 0 amide bonds. The molecule has 2 atom stereocenters. The van der Waals surface area contributed by atoms with E-state index in [1.54, 1.807) is 4.52 Å². The Hall–Kier alpha value is -3.25. The molecule has 1 fully saturated rings. The van der Waals surface area contributed by atoms with E-state index in [1.807, 2.05) is 48.5 Å². The number of benzene rings is 2. The minimum atomic E-state index is 0.117. The van der Waals surface area contributed by atoms with Gasteiger partial charge in [0, 0.05) is 18.2 Å². The van der Waals surface area contributed by atoms with Gasteiger partial charge >= 0.3 is 0 Å². The molecule has 1 saturated heterocycles. The summed E-state index contributed by atoms with van der Waals surface area (Å²) in [6.07, 6.45) is 1.99. The minimum absolute atomic E-state index is 0.117. The Morgan fingerprint density at radius 3 is 2.50 bits per heavy atom. The SMILES string of the molecule is c1ccc(-c2nnc3ccc(NC4CCOC(c5ccccc5)C4)nn23)cc1. The van der Waals surface area contributed by atoms with Crippen LogP contribution in [-0.2, 0) is 4.74 Å². The van der Waals surface area contributed by atoms with E-state index >= 15 is 0 Å². The van der Waals surface area contributed by atoms with Crippen LogP contribution in [0.5, 0.6) is 0 Å². The number of nitrogens with one attached hydrogen (secondary N) is 1. The molecule has 6 nitrogen and oxygen atoms in total. The van der Waals surface area contributed by atoms with Crippen LogP contribution in [0.25, 0.3) is 17.0 Å². The normalized spacial score (nSPS) is 19.6. The number of ether oxygens (including phenoxy) is 1. The Labute approximate surface area is 163 Å². The van der Waals surface area contributed by atoms with E-state index in [2.05, 4.69) is 39.8 Å². The number of hydrogen-bond acceptors (Lipinski definition) is 5. The molecule has 140 valence electrons. The van der Waals surface area contributed by atoms with E-state index in [4.69, 9.17) is 9.84 Å². The summed E-state index contributed by atoms with van der Waals surface area (Å²) in [6, 6.07) is 24.6. The third kappa shape index (κ3) is 3.34. The van der Waals surface area contributed by atoms with Gasteiger partial charge in [-0.05, 0) is 30.5 Å². The van der Waals surface area contributed by atoms with Crippen molar-refractivity contribution >= 4 is 11.5 Å². The molecule has 4 aromatic rings. The second-order valence-corrected chi connectivity index (χ2v) is 7.01. The van der Waals surface area contributed by atoms with Crippen LogP contribution in [0.2, 0.25) is 0 Å². The molecule has 0 saturated carbocycles. The van der Waals surface area contributed by atoms with Crippen LogP contribution in [0.4, 0.5) is 5.82 Å². The van der Waals surface area contributed by atoms with Crippen LogP contribution in [0.15, 0.2) is 72.8 Å². The van der Waals surface area contributed by atoms with E-state index in [0.29, 0.717) is 6.04 Å². The lowest BCUT2D eigenvalue weighted by Gasteiger charge is -2.30. The standard InChI is InChI=1S/C22H21N5O/c1-3-7-16(8-4-1)19-15-18(13-14-28-19)23-20-11-12-21-24-25-22(27(21)26-20)17-9-5-2-6-10-17/h1-12,18-19H,13-15H2,(H,23,26). The molecule has 0 bridgehead atoms. The van der Waals surface area contributed by atoms with Crippen molar-refractivity contribution in [3.05, 3.63) is 78.4 Å².